The van der Waals surface area contributed by atoms with Gasteiger partial charge >= 0.3 is 0 Å². The second-order valence-electron chi connectivity index (χ2n) is 4.31. The SMILES string of the molecule is CCOc1cc(Cl)c(C(O)C(N)CCO)cc1OCC. The Morgan fingerprint density at radius 1 is 1.20 bits per heavy atom. The summed E-state index contributed by atoms with van der Waals surface area (Å²) in [6.07, 6.45) is -0.682. The van der Waals surface area contributed by atoms with E-state index in [1.165, 1.54) is 0 Å². The van der Waals surface area contributed by atoms with Gasteiger partial charge in [-0.3, -0.25) is 0 Å². The molecule has 1 rings (SSSR count). The van der Waals surface area contributed by atoms with Crippen LogP contribution >= 0.6 is 11.6 Å². The molecule has 0 saturated carbocycles. The van der Waals surface area contributed by atoms with E-state index < -0.39 is 12.1 Å². The standard InChI is InChI=1S/C14H22ClNO4/c1-3-19-12-7-9(14(18)11(16)5-6-17)10(15)8-13(12)20-4-2/h7-8,11,14,17-18H,3-6,16H2,1-2H3. The lowest BCUT2D eigenvalue weighted by Crippen LogP contribution is -2.29. The lowest BCUT2D eigenvalue weighted by Gasteiger charge is -2.21. The van der Waals surface area contributed by atoms with Gasteiger partial charge in [-0.05, 0) is 26.3 Å². The number of benzene rings is 1. The molecule has 2 unspecified atom stereocenters. The van der Waals surface area contributed by atoms with Gasteiger partial charge in [-0.2, -0.15) is 0 Å². The topological polar surface area (TPSA) is 84.9 Å². The van der Waals surface area contributed by atoms with Crippen molar-refractivity contribution < 1.29 is 19.7 Å². The summed E-state index contributed by atoms with van der Waals surface area (Å²) in [6.45, 7) is 4.59. The molecule has 6 heteroatoms. The lowest BCUT2D eigenvalue weighted by atomic mass is 10.00. The van der Waals surface area contributed by atoms with Gasteiger partial charge in [-0.15, -0.1) is 0 Å². The Balaban J connectivity index is 3.10. The molecule has 0 aliphatic carbocycles. The molecule has 0 saturated heterocycles. The highest BCUT2D eigenvalue weighted by Crippen LogP contribution is 2.37. The molecular formula is C14H22ClNO4. The summed E-state index contributed by atoms with van der Waals surface area (Å²) in [6, 6.07) is 2.66. The summed E-state index contributed by atoms with van der Waals surface area (Å²) < 4.78 is 10.9. The lowest BCUT2D eigenvalue weighted by molar-refractivity contribution is 0.128. The molecule has 4 N–H and O–H groups in total. The van der Waals surface area contributed by atoms with Crippen molar-refractivity contribution in [2.24, 2.45) is 5.73 Å². The Labute approximate surface area is 124 Å². The maximum atomic E-state index is 10.2. The van der Waals surface area contributed by atoms with Crippen LogP contribution < -0.4 is 15.2 Å². The molecule has 5 nitrogen and oxygen atoms in total. The number of ether oxygens (including phenoxy) is 2. The van der Waals surface area contributed by atoms with E-state index >= 15 is 0 Å². The van der Waals surface area contributed by atoms with Gasteiger partial charge in [0, 0.05) is 24.3 Å². The fraction of sp³-hybridized carbons (Fsp3) is 0.571. The third kappa shape index (κ3) is 4.24. The summed E-state index contributed by atoms with van der Waals surface area (Å²) >= 11 is 6.16. The highest BCUT2D eigenvalue weighted by Gasteiger charge is 2.22. The number of hydrogen-bond donors (Lipinski definition) is 3. The molecule has 2 atom stereocenters. The number of hydrogen-bond acceptors (Lipinski definition) is 5. The van der Waals surface area contributed by atoms with Crippen molar-refractivity contribution in [3.63, 3.8) is 0 Å². The summed E-state index contributed by atoms with van der Waals surface area (Å²) in [7, 11) is 0. The van der Waals surface area contributed by atoms with Crippen molar-refractivity contribution in [3.05, 3.63) is 22.7 Å². The maximum absolute atomic E-state index is 10.2. The molecule has 0 spiro atoms. The minimum atomic E-state index is -0.968. The van der Waals surface area contributed by atoms with Gasteiger partial charge in [0.2, 0.25) is 0 Å². The molecule has 0 radical (unpaired) electrons. The third-order valence-electron chi connectivity index (χ3n) is 2.85. The number of nitrogens with two attached hydrogens (primary N) is 1. The number of aliphatic hydroxyl groups is 2. The van der Waals surface area contributed by atoms with E-state index in [4.69, 9.17) is 31.9 Å². The van der Waals surface area contributed by atoms with Crippen LogP contribution in [0, 0.1) is 0 Å². The van der Waals surface area contributed by atoms with Crippen LogP contribution in [0.5, 0.6) is 11.5 Å². The van der Waals surface area contributed by atoms with Gasteiger partial charge < -0.3 is 25.4 Å². The van der Waals surface area contributed by atoms with Crippen LogP contribution in [0.3, 0.4) is 0 Å². The molecule has 0 amide bonds. The van der Waals surface area contributed by atoms with E-state index in [-0.39, 0.29) is 13.0 Å². The molecule has 20 heavy (non-hydrogen) atoms. The van der Waals surface area contributed by atoms with Crippen molar-refractivity contribution in [1.82, 2.24) is 0 Å². The van der Waals surface area contributed by atoms with Crippen LogP contribution in [0.2, 0.25) is 5.02 Å². The second-order valence-corrected chi connectivity index (χ2v) is 4.71. The van der Waals surface area contributed by atoms with Gasteiger partial charge in [0.05, 0.1) is 24.3 Å². The van der Waals surface area contributed by atoms with Crippen LogP contribution in [-0.2, 0) is 0 Å². The summed E-state index contributed by atoms with van der Waals surface area (Å²) in [4.78, 5) is 0. The Morgan fingerprint density at radius 3 is 2.25 bits per heavy atom. The van der Waals surface area contributed by atoms with E-state index in [1.54, 1.807) is 12.1 Å². The van der Waals surface area contributed by atoms with Crippen molar-refractivity contribution in [2.45, 2.75) is 32.4 Å². The van der Waals surface area contributed by atoms with Crippen LogP contribution in [0.1, 0.15) is 31.9 Å². The Morgan fingerprint density at radius 2 is 1.75 bits per heavy atom. The van der Waals surface area contributed by atoms with E-state index in [1.807, 2.05) is 13.8 Å². The predicted molar refractivity (Wildman–Crippen MR) is 78.4 cm³/mol. The predicted octanol–water partition coefficient (Wildman–Crippen LogP) is 1.88. The maximum Gasteiger partial charge on any atom is 0.162 e. The van der Waals surface area contributed by atoms with Gasteiger partial charge in [0.15, 0.2) is 11.5 Å². The van der Waals surface area contributed by atoms with Crippen LogP contribution in [0.15, 0.2) is 12.1 Å². The van der Waals surface area contributed by atoms with Gasteiger partial charge in [-0.25, -0.2) is 0 Å². The zero-order chi connectivity index (χ0) is 15.1. The van der Waals surface area contributed by atoms with Crippen LogP contribution in [0.4, 0.5) is 0 Å². The number of aliphatic hydroxyl groups excluding tert-OH is 2. The summed E-state index contributed by atoms with van der Waals surface area (Å²) in [5.41, 5.74) is 6.28. The minimum Gasteiger partial charge on any atom is -0.490 e. The van der Waals surface area contributed by atoms with Crippen LogP contribution in [-0.4, -0.2) is 36.1 Å². The van der Waals surface area contributed by atoms with Crippen LogP contribution in [0.25, 0.3) is 0 Å². The first-order valence-electron chi connectivity index (χ1n) is 6.68. The van der Waals surface area contributed by atoms with Gasteiger partial charge in [0.25, 0.3) is 0 Å². The molecule has 114 valence electrons. The van der Waals surface area contributed by atoms with Gasteiger partial charge in [0.1, 0.15) is 0 Å². The van der Waals surface area contributed by atoms with E-state index in [2.05, 4.69) is 0 Å². The van der Waals surface area contributed by atoms with E-state index in [0.717, 1.165) is 0 Å². The molecule has 0 aliphatic rings. The highest BCUT2D eigenvalue weighted by molar-refractivity contribution is 6.31. The van der Waals surface area contributed by atoms with Crippen molar-refractivity contribution in [1.29, 1.82) is 0 Å². The first-order valence-corrected chi connectivity index (χ1v) is 7.06. The molecule has 1 aromatic carbocycles. The molecule has 0 heterocycles. The quantitative estimate of drug-likeness (QED) is 0.683. The van der Waals surface area contributed by atoms with Crippen molar-refractivity contribution in [2.75, 3.05) is 19.8 Å². The second kappa shape index (κ2) is 8.32. The molecular weight excluding hydrogens is 282 g/mol. The van der Waals surface area contributed by atoms with E-state index in [9.17, 15) is 5.11 Å². The molecule has 0 bridgehead atoms. The third-order valence-corrected chi connectivity index (χ3v) is 3.18. The average Bonchev–Trinajstić information content (AvgIpc) is 2.41. The monoisotopic (exact) mass is 303 g/mol. The molecule has 0 fully saturated rings. The fourth-order valence-corrected chi connectivity index (χ4v) is 2.12. The fourth-order valence-electron chi connectivity index (χ4n) is 1.85. The van der Waals surface area contributed by atoms with Crippen molar-refractivity contribution in [3.8, 4) is 11.5 Å². The number of rotatable bonds is 8. The Bertz CT molecular complexity index is 428. The largest absolute Gasteiger partial charge is 0.490 e. The molecule has 0 aliphatic heterocycles. The van der Waals surface area contributed by atoms with Gasteiger partial charge in [-0.1, -0.05) is 11.6 Å². The Hall–Kier alpha value is -1.01. The summed E-state index contributed by atoms with van der Waals surface area (Å²) in [5.74, 6) is 1.05. The zero-order valence-corrected chi connectivity index (χ0v) is 12.6. The minimum absolute atomic E-state index is 0.0921. The van der Waals surface area contributed by atoms with Crippen molar-refractivity contribution >= 4 is 11.6 Å². The normalized spacial score (nSPS) is 13.9. The molecule has 0 aromatic heterocycles. The van der Waals surface area contributed by atoms with E-state index in [0.29, 0.717) is 35.3 Å². The Kier molecular flexibility index (Phi) is 7.09. The summed E-state index contributed by atoms with van der Waals surface area (Å²) in [5, 5.41) is 19.4. The number of halogens is 1. The smallest absolute Gasteiger partial charge is 0.162 e. The molecule has 1 aromatic rings. The first-order chi connectivity index (χ1) is 9.54. The first kappa shape index (κ1) is 17.0. The average molecular weight is 304 g/mol. The zero-order valence-electron chi connectivity index (χ0n) is 11.8. The highest BCUT2D eigenvalue weighted by atomic mass is 35.5.